The Morgan fingerprint density at radius 3 is 2.38 bits per heavy atom. The third-order valence-electron chi connectivity index (χ3n) is 3.45. The highest BCUT2D eigenvalue weighted by Crippen LogP contribution is 2.17. The van der Waals surface area contributed by atoms with E-state index in [4.69, 9.17) is 4.74 Å². The molecule has 2 aromatic carbocycles. The van der Waals surface area contributed by atoms with E-state index in [1.165, 1.54) is 18.1 Å². The van der Waals surface area contributed by atoms with Gasteiger partial charge in [-0.2, -0.15) is 0 Å². The Bertz CT molecular complexity index is 817. The fourth-order valence-electron chi connectivity index (χ4n) is 2.12. The fourth-order valence-corrected chi connectivity index (χ4v) is 2.12. The number of anilines is 1. The number of nitrogens with one attached hydrogen (secondary N) is 1. The molecule has 0 atom stereocenters. The minimum absolute atomic E-state index is 0.153. The molecule has 26 heavy (non-hydrogen) atoms. The Balaban J connectivity index is 2.09. The van der Waals surface area contributed by atoms with E-state index in [1.54, 1.807) is 56.6 Å². The first kappa shape index (κ1) is 19.0. The number of benzene rings is 2. The van der Waals surface area contributed by atoms with Crippen LogP contribution in [0.4, 0.5) is 5.69 Å². The molecule has 0 aliphatic heterocycles. The summed E-state index contributed by atoms with van der Waals surface area (Å²) < 4.78 is 9.77. The van der Waals surface area contributed by atoms with Gasteiger partial charge in [-0.25, -0.2) is 4.79 Å². The number of esters is 1. The average molecular weight is 356 g/mol. The summed E-state index contributed by atoms with van der Waals surface area (Å²) in [7, 11) is 4.59. The van der Waals surface area contributed by atoms with E-state index >= 15 is 0 Å². The minimum atomic E-state index is -0.512. The predicted octanol–water partition coefficient (Wildman–Crippen LogP) is 2.19. The van der Waals surface area contributed by atoms with Crippen LogP contribution < -0.4 is 10.1 Å². The average Bonchev–Trinajstić information content (AvgIpc) is 2.65. The Labute approximate surface area is 151 Å². The third kappa shape index (κ3) is 5.07. The summed E-state index contributed by atoms with van der Waals surface area (Å²) in [4.78, 5) is 37.0. The van der Waals surface area contributed by atoms with Crippen molar-refractivity contribution < 1.29 is 23.9 Å². The fraction of sp³-hybridized carbons (Fsp3) is 0.211. The van der Waals surface area contributed by atoms with Crippen molar-refractivity contribution in [2.75, 3.05) is 33.1 Å². The number of rotatable bonds is 6. The maximum Gasteiger partial charge on any atom is 0.343 e. The van der Waals surface area contributed by atoms with Crippen molar-refractivity contribution in [1.29, 1.82) is 0 Å². The molecule has 0 spiro atoms. The number of hydrogen-bond acceptors (Lipinski definition) is 5. The van der Waals surface area contributed by atoms with Crippen molar-refractivity contribution in [2.45, 2.75) is 0 Å². The Morgan fingerprint density at radius 1 is 1.00 bits per heavy atom. The number of ether oxygens (including phenoxy) is 2. The summed E-state index contributed by atoms with van der Waals surface area (Å²) in [6, 6.07) is 13.1. The lowest BCUT2D eigenvalue weighted by Gasteiger charge is -2.12. The van der Waals surface area contributed by atoms with E-state index in [0.29, 0.717) is 22.6 Å². The molecule has 7 heteroatoms. The summed E-state index contributed by atoms with van der Waals surface area (Å²) in [6.07, 6.45) is 0. The summed E-state index contributed by atoms with van der Waals surface area (Å²) in [5, 5.41) is 2.74. The smallest absolute Gasteiger partial charge is 0.343 e. The molecule has 136 valence electrons. The van der Waals surface area contributed by atoms with Crippen LogP contribution in [0.15, 0.2) is 48.5 Å². The van der Waals surface area contributed by atoms with Gasteiger partial charge in [0.2, 0.25) is 0 Å². The molecule has 7 nitrogen and oxygen atoms in total. The molecular weight excluding hydrogens is 336 g/mol. The van der Waals surface area contributed by atoms with E-state index in [-0.39, 0.29) is 18.4 Å². The normalized spacial score (nSPS) is 9.96. The molecule has 0 bridgehead atoms. The van der Waals surface area contributed by atoms with Gasteiger partial charge in [-0.1, -0.05) is 12.1 Å². The summed E-state index contributed by atoms with van der Waals surface area (Å²) in [5.41, 5.74) is 1.34. The van der Waals surface area contributed by atoms with Crippen molar-refractivity contribution in [3.05, 3.63) is 59.7 Å². The SMILES string of the molecule is COC(=O)COc1cccc(C(=O)Nc2cccc(C(=O)N(C)C)c2)c1. The molecule has 2 amide bonds. The molecule has 0 radical (unpaired) electrons. The van der Waals surface area contributed by atoms with Crippen LogP contribution in [0.5, 0.6) is 5.75 Å². The first-order valence-electron chi connectivity index (χ1n) is 7.83. The van der Waals surface area contributed by atoms with Gasteiger partial charge >= 0.3 is 5.97 Å². The number of carbonyl (C=O) groups excluding carboxylic acids is 3. The number of hydrogen-bond donors (Lipinski definition) is 1. The first-order valence-corrected chi connectivity index (χ1v) is 7.83. The maximum atomic E-state index is 12.4. The van der Waals surface area contributed by atoms with Gasteiger partial charge in [0, 0.05) is 30.9 Å². The molecule has 0 aliphatic rings. The monoisotopic (exact) mass is 356 g/mol. The van der Waals surface area contributed by atoms with Crippen molar-refractivity contribution in [3.8, 4) is 5.75 Å². The lowest BCUT2D eigenvalue weighted by atomic mass is 10.1. The van der Waals surface area contributed by atoms with Gasteiger partial charge in [0.25, 0.3) is 11.8 Å². The van der Waals surface area contributed by atoms with Crippen LogP contribution in [0.1, 0.15) is 20.7 Å². The Kier molecular flexibility index (Phi) is 6.32. The highest BCUT2D eigenvalue weighted by Gasteiger charge is 2.11. The van der Waals surface area contributed by atoms with Gasteiger partial charge < -0.3 is 19.7 Å². The highest BCUT2D eigenvalue weighted by molar-refractivity contribution is 6.05. The van der Waals surface area contributed by atoms with E-state index in [1.807, 2.05) is 0 Å². The standard InChI is InChI=1S/C19H20N2O5/c1-21(2)19(24)14-7-4-8-15(10-14)20-18(23)13-6-5-9-16(11-13)26-12-17(22)25-3/h4-11H,12H2,1-3H3,(H,20,23). The summed E-state index contributed by atoms with van der Waals surface area (Å²) >= 11 is 0. The number of amides is 2. The maximum absolute atomic E-state index is 12.4. The van der Waals surface area contributed by atoms with E-state index in [0.717, 1.165) is 0 Å². The molecule has 0 aliphatic carbocycles. The van der Waals surface area contributed by atoms with Crippen molar-refractivity contribution >= 4 is 23.5 Å². The lowest BCUT2D eigenvalue weighted by molar-refractivity contribution is -0.142. The lowest BCUT2D eigenvalue weighted by Crippen LogP contribution is -2.22. The molecule has 0 saturated heterocycles. The molecule has 0 aromatic heterocycles. The molecule has 0 saturated carbocycles. The van der Waals surface area contributed by atoms with Crippen LogP contribution >= 0.6 is 0 Å². The Morgan fingerprint density at radius 2 is 1.69 bits per heavy atom. The summed E-state index contributed by atoms with van der Waals surface area (Å²) in [5.74, 6) is -0.649. The van der Waals surface area contributed by atoms with Crippen LogP contribution in [0.25, 0.3) is 0 Å². The quantitative estimate of drug-likeness (QED) is 0.802. The van der Waals surface area contributed by atoms with Crippen molar-refractivity contribution in [1.82, 2.24) is 4.90 Å². The van der Waals surface area contributed by atoms with E-state index in [9.17, 15) is 14.4 Å². The molecule has 0 fully saturated rings. The second-order valence-electron chi connectivity index (χ2n) is 5.63. The first-order chi connectivity index (χ1) is 12.4. The molecule has 2 aromatic rings. The molecule has 1 N–H and O–H groups in total. The van der Waals surface area contributed by atoms with Crippen molar-refractivity contribution in [2.24, 2.45) is 0 Å². The largest absolute Gasteiger partial charge is 0.482 e. The zero-order chi connectivity index (χ0) is 19.1. The number of nitrogens with zero attached hydrogens (tertiary/aromatic N) is 1. The second-order valence-corrected chi connectivity index (χ2v) is 5.63. The van der Waals surface area contributed by atoms with Crippen LogP contribution in [0.2, 0.25) is 0 Å². The third-order valence-corrected chi connectivity index (χ3v) is 3.45. The van der Waals surface area contributed by atoms with Crippen LogP contribution in [-0.4, -0.2) is 50.5 Å². The summed E-state index contributed by atoms with van der Waals surface area (Å²) in [6.45, 7) is -0.240. The zero-order valence-corrected chi connectivity index (χ0v) is 14.8. The van der Waals surface area contributed by atoms with Gasteiger partial charge in [0.1, 0.15) is 5.75 Å². The predicted molar refractivity (Wildman–Crippen MR) is 96.4 cm³/mol. The van der Waals surface area contributed by atoms with Crippen LogP contribution in [0.3, 0.4) is 0 Å². The van der Waals surface area contributed by atoms with Gasteiger partial charge in [-0.15, -0.1) is 0 Å². The van der Waals surface area contributed by atoms with Gasteiger partial charge in [0.15, 0.2) is 6.61 Å². The van der Waals surface area contributed by atoms with Gasteiger partial charge in [-0.05, 0) is 36.4 Å². The number of methoxy groups -OCH3 is 1. The molecule has 2 rings (SSSR count). The highest BCUT2D eigenvalue weighted by atomic mass is 16.6. The van der Waals surface area contributed by atoms with Crippen LogP contribution in [-0.2, 0) is 9.53 Å². The van der Waals surface area contributed by atoms with Gasteiger partial charge in [0.05, 0.1) is 7.11 Å². The number of carbonyl (C=O) groups is 3. The molecular formula is C19H20N2O5. The zero-order valence-electron chi connectivity index (χ0n) is 14.8. The van der Waals surface area contributed by atoms with E-state index < -0.39 is 5.97 Å². The van der Waals surface area contributed by atoms with Gasteiger partial charge in [-0.3, -0.25) is 9.59 Å². The molecule has 0 heterocycles. The molecule has 0 unspecified atom stereocenters. The van der Waals surface area contributed by atoms with Crippen LogP contribution in [0, 0.1) is 0 Å². The van der Waals surface area contributed by atoms with E-state index in [2.05, 4.69) is 10.1 Å². The topological polar surface area (TPSA) is 84.9 Å². The van der Waals surface area contributed by atoms with Crippen molar-refractivity contribution in [3.63, 3.8) is 0 Å². The minimum Gasteiger partial charge on any atom is -0.482 e. The Hall–Kier alpha value is -3.35. The second kappa shape index (κ2) is 8.66.